The molecule has 28 heavy (non-hydrogen) atoms. The summed E-state index contributed by atoms with van der Waals surface area (Å²) in [5.74, 6) is -1.12. The summed E-state index contributed by atoms with van der Waals surface area (Å²) in [4.78, 5) is 41.8. The van der Waals surface area contributed by atoms with E-state index in [4.69, 9.17) is 5.73 Å². The molecule has 0 aliphatic heterocycles. The predicted octanol–water partition coefficient (Wildman–Crippen LogP) is 1.85. The minimum atomic E-state index is -0.644. The van der Waals surface area contributed by atoms with Crippen LogP contribution in [0.1, 0.15) is 26.4 Å². The Labute approximate surface area is 159 Å². The maximum Gasteiger partial charge on any atom is 0.272 e. The Morgan fingerprint density at radius 3 is 2.61 bits per heavy atom. The standard InChI is InChI=1S/C20H17N5O3/c1-11-6-5-9-25-17(11)23-18-13(20(25)28)10-15(24(18)2)19(27)22-14-8-4-3-7-12(14)16(21)26/h3-10H,1-2H3,(H2,21,26)(H,22,27). The first kappa shape index (κ1) is 17.5. The Bertz CT molecular complexity index is 1330. The molecule has 0 aliphatic rings. The minimum absolute atomic E-state index is 0.203. The van der Waals surface area contributed by atoms with Crippen molar-refractivity contribution < 1.29 is 9.59 Å². The number of aromatic nitrogens is 3. The molecule has 3 heterocycles. The summed E-state index contributed by atoms with van der Waals surface area (Å²) < 4.78 is 3.02. The number of para-hydroxylation sites is 1. The van der Waals surface area contributed by atoms with Crippen LogP contribution in [0.15, 0.2) is 53.5 Å². The molecule has 0 fully saturated rings. The van der Waals surface area contributed by atoms with Crippen molar-refractivity contribution in [2.75, 3.05) is 5.32 Å². The average molecular weight is 375 g/mol. The Morgan fingerprint density at radius 1 is 1.11 bits per heavy atom. The highest BCUT2D eigenvalue weighted by Gasteiger charge is 2.19. The summed E-state index contributed by atoms with van der Waals surface area (Å²) in [5.41, 5.74) is 7.65. The summed E-state index contributed by atoms with van der Waals surface area (Å²) >= 11 is 0. The van der Waals surface area contributed by atoms with Gasteiger partial charge in [0.05, 0.1) is 16.6 Å². The molecular weight excluding hydrogens is 358 g/mol. The number of hydrogen-bond donors (Lipinski definition) is 2. The smallest absolute Gasteiger partial charge is 0.272 e. The maximum atomic E-state index is 12.8. The monoisotopic (exact) mass is 375 g/mol. The molecular formula is C20H17N5O3. The van der Waals surface area contributed by atoms with E-state index >= 15 is 0 Å². The first-order chi connectivity index (χ1) is 13.4. The molecule has 0 atom stereocenters. The number of nitrogens with one attached hydrogen (secondary N) is 1. The first-order valence-electron chi connectivity index (χ1n) is 8.56. The Hall–Kier alpha value is -3.94. The van der Waals surface area contributed by atoms with Gasteiger partial charge in [-0.1, -0.05) is 18.2 Å². The second kappa shape index (κ2) is 6.34. The van der Waals surface area contributed by atoms with Crippen molar-refractivity contribution in [2.24, 2.45) is 12.8 Å². The van der Waals surface area contributed by atoms with Gasteiger partial charge in [-0.05, 0) is 36.8 Å². The molecule has 3 aromatic heterocycles. The molecule has 0 unspecified atom stereocenters. The van der Waals surface area contributed by atoms with Crippen LogP contribution in [0, 0.1) is 6.92 Å². The van der Waals surface area contributed by atoms with Crippen molar-refractivity contribution in [1.29, 1.82) is 0 Å². The van der Waals surface area contributed by atoms with Crippen LogP contribution in [0.3, 0.4) is 0 Å². The molecule has 4 rings (SSSR count). The van der Waals surface area contributed by atoms with Gasteiger partial charge in [0.15, 0.2) is 0 Å². The molecule has 0 aliphatic carbocycles. The normalized spacial score (nSPS) is 11.1. The number of aryl methyl sites for hydroxylation is 2. The summed E-state index contributed by atoms with van der Waals surface area (Å²) in [5, 5.41) is 3.02. The zero-order chi connectivity index (χ0) is 20.0. The van der Waals surface area contributed by atoms with E-state index in [1.54, 1.807) is 42.1 Å². The maximum absolute atomic E-state index is 12.8. The molecule has 8 nitrogen and oxygen atoms in total. The fourth-order valence-electron chi connectivity index (χ4n) is 3.24. The van der Waals surface area contributed by atoms with E-state index in [-0.39, 0.29) is 16.8 Å². The van der Waals surface area contributed by atoms with Gasteiger partial charge in [0.2, 0.25) is 0 Å². The number of anilines is 1. The number of benzene rings is 1. The number of nitrogens with zero attached hydrogens (tertiary/aromatic N) is 3. The van der Waals surface area contributed by atoms with Crippen molar-refractivity contribution in [3.8, 4) is 0 Å². The SMILES string of the molecule is Cc1cccn2c(=O)c3cc(C(=O)Nc4ccccc4C(N)=O)n(C)c3nc12. The van der Waals surface area contributed by atoms with Crippen LogP contribution in [0.5, 0.6) is 0 Å². The van der Waals surface area contributed by atoms with Crippen molar-refractivity contribution in [2.45, 2.75) is 6.92 Å². The third-order valence-corrected chi connectivity index (χ3v) is 4.70. The van der Waals surface area contributed by atoms with Crippen LogP contribution in [0.4, 0.5) is 5.69 Å². The van der Waals surface area contributed by atoms with E-state index in [0.29, 0.717) is 22.4 Å². The van der Waals surface area contributed by atoms with Gasteiger partial charge >= 0.3 is 0 Å². The molecule has 0 saturated heterocycles. The fraction of sp³-hybridized carbons (Fsp3) is 0.100. The average Bonchev–Trinajstić information content (AvgIpc) is 3.00. The van der Waals surface area contributed by atoms with Crippen LogP contribution in [0.25, 0.3) is 16.7 Å². The van der Waals surface area contributed by atoms with Crippen LogP contribution >= 0.6 is 0 Å². The molecule has 140 valence electrons. The number of primary amides is 1. The van der Waals surface area contributed by atoms with Crippen molar-refractivity contribution in [3.63, 3.8) is 0 Å². The zero-order valence-corrected chi connectivity index (χ0v) is 15.3. The molecule has 0 bridgehead atoms. The minimum Gasteiger partial charge on any atom is -0.366 e. The summed E-state index contributed by atoms with van der Waals surface area (Å²) in [6, 6.07) is 11.6. The van der Waals surface area contributed by atoms with Crippen LogP contribution < -0.4 is 16.6 Å². The number of fused-ring (bicyclic) bond motifs is 2. The lowest BCUT2D eigenvalue weighted by Gasteiger charge is -2.09. The van der Waals surface area contributed by atoms with Gasteiger partial charge in [0.25, 0.3) is 17.4 Å². The van der Waals surface area contributed by atoms with E-state index in [9.17, 15) is 14.4 Å². The molecule has 3 N–H and O–H groups in total. The first-order valence-corrected chi connectivity index (χ1v) is 8.56. The Kier molecular flexibility index (Phi) is 3.96. The van der Waals surface area contributed by atoms with E-state index in [1.165, 1.54) is 16.5 Å². The number of rotatable bonds is 3. The van der Waals surface area contributed by atoms with Gasteiger partial charge in [-0.25, -0.2) is 4.98 Å². The van der Waals surface area contributed by atoms with E-state index in [2.05, 4.69) is 10.3 Å². The van der Waals surface area contributed by atoms with Crippen molar-refractivity contribution >= 4 is 34.2 Å². The third-order valence-electron chi connectivity index (χ3n) is 4.70. The molecule has 0 saturated carbocycles. The number of carbonyl (C=O) groups is 2. The summed E-state index contributed by atoms with van der Waals surface area (Å²) in [7, 11) is 1.67. The summed E-state index contributed by atoms with van der Waals surface area (Å²) in [6.45, 7) is 1.87. The summed E-state index contributed by atoms with van der Waals surface area (Å²) in [6.07, 6.45) is 1.65. The molecule has 4 aromatic rings. The number of amides is 2. The van der Waals surface area contributed by atoms with Crippen LogP contribution in [-0.2, 0) is 7.05 Å². The lowest BCUT2D eigenvalue weighted by molar-refractivity contribution is 0.100. The van der Waals surface area contributed by atoms with Gasteiger partial charge in [-0.2, -0.15) is 0 Å². The van der Waals surface area contributed by atoms with Crippen molar-refractivity contribution in [3.05, 3.63) is 75.8 Å². The van der Waals surface area contributed by atoms with Gasteiger partial charge < -0.3 is 15.6 Å². The lowest BCUT2D eigenvalue weighted by Crippen LogP contribution is -2.19. The van der Waals surface area contributed by atoms with Gasteiger partial charge in [-0.3, -0.25) is 18.8 Å². The van der Waals surface area contributed by atoms with E-state index < -0.39 is 11.8 Å². The van der Waals surface area contributed by atoms with Crippen molar-refractivity contribution in [1.82, 2.24) is 14.0 Å². The molecule has 0 radical (unpaired) electrons. The predicted molar refractivity (Wildman–Crippen MR) is 106 cm³/mol. The molecule has 2 amide bonds. The third kappa shape index (κ3) is 2.62. The van der Waals surface area contributed by atoms with Gasteiger partial charge in [0, 0.05) is 13.2 Å². The second-order valence-electron chi connectivity index (χ2n) is 6.49. The number of hydrogen-bond acceptors (Lipinski definition) is 4. The van der Waals surface area contributed by atoms with E-state index in [0.717, 1.165) is 5.56 Å². The van der Waals surface area contributed by atoms with Gasteiger partial charge in [0.1, 0.15) is 17.0 Å². The number of pyridine rings is 1. The second-order valence-corrected chi connectivity index (χ2v) is 6.49. The number of nitrogens with two attached hydrogens (primary N) is 1. The fourth-order valence-corrected chi connectivity index (χ4v) is 3.24. The number of carbonyl (C=O) groups excluding carboxylic acids is 2. The van der Waals surface area contributed by atoms with Crippen LogP contribution in [-0.4, -0.2) is 25.8 Å². The molecule has 1 aromatic carbocycles. The topological polar surface area (TPSA) is 111 Å². The highest BCUT2D eigenvalue weighted by molar-refractivity contribution is 6.09. The highest BCUT2D eigenvalue weighted by Crippen LogP contribution is 2.19. The van der Waals surface area contributed by atoms with Crippen LogP contribution in [0.2, 0.25) is 0 Å². The lowest BCUT2D eigenvalue weighted by atomic mass is 10.1. The quantitative estimate of drug-likeness (QED) is 0.569. The Morgan fingerprint density at radius 2 is 1.86 bits per heavy atom. The molecule has 0 spiro atoms. The highest BCUT2D eigenvalue weighted by atomic mass is 16.2. The van der Waals surface area contributed by atoms with E-state index in [1.807, 2.05) is 13.0 Å². The Balaban J connectivity index is 1.85. The van der Waals surface area contributed by atoms with Gasteiger partial charge in [-0.15, -0.1) is 0 Å². The largest absolute Gasteiger partial charge is 0.366 e. The zero-order valence-electron chi connectivity index (χ0n) is 15.3. The molecule has 8 heteroatoms.